The Morgan fingerprint density at radius 2 is 0.526 bits per heavy atom. The molecule has 21 aromatic carbocycles. The summed E-state index contributed by atoms with van der Waals surface area (Å²) in [4.78, 5) is 0. The van der Waals surface area contributed by atoms with Crippen molar-refractivity contribution in [3.05, 3.63) is 467 Å². The minimum absolute atomic E-state index is 0.905. The maximum atomic E-state index is 6.58. The van der Waals surface area contributed by atoms with Crippen LogP contribution in [0.3, 0.4) is 0 Å². The van der Waals surface area contributed by atoms with Crippen molar-refractivity contribution >= 4 is 215 Å². The van der Waals surface area contributed by atoms with Crippen molar-refractivity contribution in [3.63, 3.8) is 0 Å². The molecule has 0 aliphatic rings. The fourth-order valence-corrected chi connectivity index (χ4v) is 25.5. The number of thiophene rings is 3. The third-order valence-electron chi connectivity index (χ3n) is 27.8. The van der Waals surface area contributed by atoms with E-state index in [1.807, 2.05) is 34.0 Å². The molecule has 0 spiro atoms. The van der Waals surface area contributed by atoms with Crippen molar-refractivity contribution in [2.75, 3.05) is 0 Å². The molecule has 9 aromatic heterocycles. The highest BCUT2D eigenvalue weighted by Crippen LogP contribution is 2.52. The monoisotopic (exact) mass is 1800 g/mol. The molecule has 30 rings (SSSR count). The summed E-state index contributed by atoms with van der Waals surface area (Å²) < 4.78 is 34.7. The SMILES string of the molecule is c1ccc(-c2cccc3c2oc2cccc(-c4cccc(-c5cccc6c5sc5c7ccccc7n(-c7ccccc7)c65)c4)c23)cc1.c1ccc(-n2c3ccccc3c3sc4c(-c5cccc(-c6cccc7oc8c9ccccc9ccc8c67)c5)cccc4c32)cc1.c1ccc(-n2c3ccccc3c3sc4cc(-c5cccc(-c6ccc7c(c6)oc6cc8ccccc8cc67)c5)ccc4c32)cc1. The maximum absolute atomic E-state index is 6.58. The highest BCUT2D eigenvalue weighted by atomic mass is 32.1. The fourth-order valence-electron chi connectivity index (χ4n) is 21.6. The van der Waals surface area contributed by atoms with Gasteiger partial charge < -0.3 is 27.0 Å². The molecule has 30 aromatic rings. The van der Waals surface area contributed by atoms with Gasteiger partial charge in [0.1, 0.15) is 33.5 Å². The van der Waals surface area contributed by atoms with Crippen LogP contribution in [-0.2, 0) is 0 Å². The van der Waals surface area contributed by atoms with E-state index in [1.165, 1.54) is 193 Å². The summed E-state index contributed by atoms with van der Waals surface area (Å²) in [6.45, 7) is 0. The zero-order valence-electron chi connectivity index (χ0n) is 73.7. The second kappa shape index (κ2) is 31.8. The molecule has 0 N–H and O–H groups in total. The summed E-state index contributed by atoms with van der Waals surface area (Å²) in [6, 6.07) is 168. The Morgan fingerprint density at radius 3 is 1.07 bits per heavy atom. The van der Waals surface area contributed by atoms with Gasteiger partial charge in [-0.1, -0.05) is 346 Å². The van der Waals surface area contributed by atoms with Crippen LogP contribution in [0.1, 0.15) is 0 Å². The molecule has 9 heterocycles. The molecule has 0 amide bonds. The quantitative estimate of drug-likeness (QED) is 0.137. The number of hydrogen-bond acceptors (Lipinski definition) is 6. The minimum Gasteiger partial charge on any atom is -0.456 e. The minimum atomic E-state index is 0.905. The second-order valence-corrected chi connectivity index (χ2v) is 38.6. The van der Waals surface area contributed by atoms with E-state index in [2.05, 4.69) is 481 Å². The molecule has 0 aliphatic carbocycles. The summed E-state index contributed by atoms with van der Waals surface area (Å²) in [5, 5.41) is 19.4. The molecule has 0 bridgehead atoms. The van der Waals surface area contributed by atoms with Crippen molar-refractivity contribution in [3.8, 4) is 95.0 Å². The van der Waals surface area contributed by atoms with Gasteiger partial charge in [0.15, 0.2) is 0 Å². The molecule has 0 aliphatic heterocycles. The van der Waals surface area contributed by atoms with Crippen molar-refractivity contribution < 1.29 is 13.3 Å². The Bertz CT molecular complexity index is 10100. The molecule has 0 radical (unpaired) electrons. The first-order valence-electron chi connectivity index (χ1n) is 46.5. The zero-order valence-corrected chi connectivity index (χ0v) is 76.2. The Balaban J connectivity index is 0.000000102. The normalized spacial score (nSPS) is 11.9. The summed E-state index contributed by atoms with van der Waals surface area (Å²) >= 11 is 5.69. The largest absolute Gasteiger partial charge is 0.456 e. The van der Waals surface area contributed by atoms with E-state index in [0.29, 0.717) is 0 Å². The number of nitrogens with zero attached hydrogens (tertiary/aromatic N) is 3. The lowest BCUT2D eigenvalue weighted by atomic mass is 9.95. The number of rotatable bonds is 10. The number of hydrogen-bond donors (Lipinski definition) is 0. The lowest BCUT2D eigenvalue weighted by Crippen LogP contribution is -1.92. The number of benzene rings is 21. The zero-order chi connectivity index (χ0) is 89.9. The van der Waals surface area contributed by atoms with Crippen molar-refractivity contribution in [2.24, 2.45) is 0 Å². The van der Waals surface area contributed by atoms with Gasteiger partial charge in [0, 0.05) is 107 Å². The number of para-hydroxylation sites is 7. The average molecular weight is 1800 g/mol. The number of aromatic nitrogens is 3. The van der Waals surface area contributed by atoms with E-state index >= 15 is 0 Å². The fraction of sp³-hybridized carbons (Fsp3) is 0. The Morgan fingerprint density at radius 1 is 0.168 bits per heavy atom. The Hall–Kier alpha value is -17.2. The van der Waals surface area contributed by atoms with Crippen LogP contribution in [0.5, 0.6) is 0 Å². The van der Waals surface area contributed by atoms with Crippen LogP contribution < -0.4 is 0 Å². The van der Waals surface area contributed by atoms with Gasteiger partial charge in [-0.05, 0) is 210 Å². The highest BCUT2D eigenvalue weighted by molar-refractivity contribution is 7.28. The molecular weight excluding hydrogens is 1720 g/mol. The summed E-state index contributed by atoms with van der Waals surface area (Å²) in [5.41, 5.74) is 33.4. The third-order valence-corrected chi connectivity index (χ3v) is 31.5. The van der Waals surface area contributed by atoms with E-state index in [4.69, 9.17) is 13.3 Å². The van der Waals surface area contributed by atoms with Crippen LogP contribution >= 0.6 is 34.0 Å². The Kier molecular flexibility index (Phi) is 18.2. The van der Waals surface area contributed by atoms with Crippen LogP contribution in [0.15, 0.2) is 480 Å². The standard InChI is InChI=1S/C44H27NOS.2C42H25NOS/c1-3-13-28(14-4-1)33-21-10-23-36-40-32(20-12-26-39(40)46-42(33)36)29-15-9-16-30(27-29)34-22-11-24-37-41-44(47-43(34)37)35-19-7-8-25-38(35)45(41)31-17-5-2-6-18-31;1-2-14-29(15-3-1)43-36-21-7-6-17-33(36)42-39(43)35-20-9-19-32(41(35)45-42)28-13-8-12-27(25-28)30-18-10-22-37-38(30)34-24-23-26-11-4-5-16-31(26)40(34)44-37;1-2-13-32(14-3-1)43-37-16-7-6-15-34(37)42-41(43)35-20-18-31(25-40(35)45-42)27-12-8-11-26(21-27)30-17-19-33-36-22-28-9-4-5-10-29(28)23-39(36)44-38(33)24-30/h1-27H;2*1-25H. The Labute approximate surface area is 797 Å². The van der Waals surface area contributed by atoms with Crippen molar-refractivity contribution in [2.45, 2.75) is 0 Å². The van der Waals surface area contributed by atoms with E-state index in [9.17, 15) is 0 Å². The van der Waals surface area contributed by atoms with Gasteiger partial charge in [0.05, 0.1) is 47.2 Å². The van der Waals surface area contributed by atoms with Crippen LogP contribution in [0, 0.1) is 0 Å². The van der Waals surface area contributed by atoms with Crippen molar-refractivity contribution in [1.82, 2.24) is 13.7 Å². The predicted octanol–water partition coefficient (Wildman–Crippen LogP) is 37.7. The molecule has 640 valence electrons. The van der Waals surface area contributed by atoms with E-state index in [1.54, 1.807) is 0 Å². The van der Waals surface area contributed by atoms with Crippen LogP contribution in [-0.4, -0.2) is 13.7 Å². The lowest BCUT2D eigenvalue weighted by Gasteiger charge is -2.10. The molecule has 0 unspecified atom stereocenters. The first kappa shape index (κ1) is 78.5. The molecule has 6 nitrogen and oxygen atoms in total. The first-order chi connectivity index (χ1) is 67.9. The van der Waals surface area contributed by atoms with Gasteiger partial charge in [0.25, 0.3) is 0 Å². The topological polar surface area (TPSA) is 54.2 Å². The maximum Gasteiger partial charge on any atom is 0.143 e. The van der Waals surface area contributed by atoms with Gasteiger partial charge in [-0.15, -0.1) is 34.0 Å². The summed E-state index contributed by atoms with van der Waals surface area (Å²) in [6.07, 6.45) is 0. The van der Waals surface area contributed by atoms with E-state index in [0.717, 1.165) is 82.5 Å². The molecule has 0 saturated carbocycles. The highest BCUT2D eigenvalue weighted by Gasteiger charge is 2.26. The average Bonchev–Trinajstić information content (AvgIpc) is 1.56. The summed E-state index contributed by atoms with van der Waals surface area (Å²) in [7, 11) is 0. The number of furan rings is 3. The van der Waals surface area contributed by atoms with E-state index in [-0.39, 0.29) is 0 Å². The second-order valence-electron chi connectivity index (χ2n) is 35.5. The number of fused-ring (bicyclic) bond motifs is 27. The molecule has 0 saturated heterocycles. The van der Waals surface area contributed by atoms with Gasteiger partial charge in [-0.2, -0.15) is 0 Å². The third kappa shape index (κ3) is 12.7. The van der Waals surface area contributed by atoms with Gasteiger partial charge in [-0.3, -0.25) is 0 Å². The predicted molar refractivity (Wildman–Crippen MR) is 583 cm³/mol. The van der Waals surface area contributed by atoms with Crippen LogP contribution in [0.25, 0.3) is 276 Å². The van der Waals surface area contributed by atoms with Gasteiger partial charge >= 0.3 is 0 Å². The molecule has 9 heteroatoms. The van der Waals surface area contributed by atoms with Gasteiger partial charge in [0.2, 0.25) is 0 Å². The van der Waals surface area contributed by atoms with E-state index < -0.39 is 0 Å². The molecule has 0 atom stereocenters. The molecule has 137 heavy (non-hydrogen) atoms. The molecule has 0 fully saturated rings. The first-order valence-corrected chi connectivity index (χ1v) is 48.9. The van der Waals surface area contributed by atoms with Crippen molar-refractivity contribution in [1.29, 1.82) is 0 Å². The molecular formula is C128H77N3O3S3. The smallest absolute Gasteiger partial charge is 0.143 e. The van der Waals surface area contributed by atoms with Crippen LogP contribution in [0.4, 0.5) is 0 Å². The van der Waals surface area contributed by atoms with Crippen LogP contribution in [0.2, 0.25) is 0 Å². The summed E-state index contributed by atoms with van der Waals surface area (Å²) in [5.74, 6) is 0. The van der Waals surface area contributed by atoms with Gasteiger partial charge in [-0.25, -0.2) is 0 Å². The lowest BCUT2D eigenvalue weighted by molar-refractivity contribution is 0.669.